The van der Waals surface area contributed by atoms with Gasteiger partial charge in [-0.3, -0.25) is 0 Å². The van der Waals surface area contributed by atoms with Gasteiger partial charge in [0.05, 0.1) is 5.69 Å². The Bertz CT molecular complexity index is 974. The molecule has 28 heavy (non-hydrogen) atoms. The van der Waals surface area contributed by atoms with E-state index in [9.17, 15) is 0 Å². The number of benzene rings is 1. The highest BCUT2D eigenvalue weighted by Crippen LogP contribution is 2.51. The highest BCUT2D eigenvalue weighted by Gasteiger charge is 2.39. The van der Waals surface area contributed by atoms with Gasteiger partial charge in [-0.25, -0.2) is 15.0 Å². The zero-order valence-electron chi connectivity index (χ0n) is 17.4. The van der Waals surface area contributed by atoms with Gasteiger partial charge in [0.1, 0.15) is 5.04 Å². The van der Waals surface area contributed by atoms with Crippen molar-refractivity contribution in [2.24, 2.45) is 16.3 Å². The van der Waals surface area contributed by atoms with E-state index in [1.807, 2.05) is 13.0 Å². The number of nitrogens with zero attached hydrogens (tertiary/aromatic N) is 3. The standard InChI is InChI=1S/C23H27N3S2/c1-14-8-9-20(15(2)12-14)26-21-19(17(4)23(6,7)18(5)28-21)13-27-22-24-11-10-16(3)25-22/h8-13,17H,5H2,1-4,6-7H3/b19-13+,26-21-. The molecule has 1 aromatic carbocycles. The highest BCUT2D eigenvalue weighted by molar-refractivity contribution is 8.17. The molecule has 1 unspecified atom stereocenters. The third kappa shape index (κ3) is 4.41. The Labute approximate surface area is 176 Å². The van der Waals surface area contributed by atoms with Gasteiger partial charge < -0.3 is 0 Å². The van der Waals surface area contributed by atoms with Crippen LogP contribution in [0.1, 0.15) is 37.6 Å². The van der Waals surface area contributed by atoms with Crippen molar-refractivity contribution in [3.8, 4) is 0 Å². The number of thioether (sulfide) groups is 2. The molecule has 0 aliphatic carbocycles. The lowest BCUT2D eigenvalue weighted by Crippen LogP contribution is -2.31. The van der Waals surface area contributed by atoms with Crippen LogP contribution >= 0.6 is 23.5 Å². The first-order chi connectivity index (χ1) is 13.2. The number of rotatable bonds is 3. The Morgan fingerprint density at radius 2 is 1.96 bits per heavy atom. The Morgan fingerprint density at radius 3 is 2.64 bits per heavy atom. The fourth-order valence-corrected chi connectivity index (χ4v) is 5.11. The van der Waals surface area contributed by atoms with Crippen molar-refractivity contribution in [3.05, 3.63) is 69.7 Å². The Kier molecular flexibility index (Phi) is 6.15. The van der Waals surface area contributed by atoms with E-state index in [0.717, 1.165) is 26.5 Å². The Hall–Kier alpha value is -1.85. The second-order valence-electron chi connectivity index (χ2n) is 7.85. The van der Waals surface area contributed by atoms with Crippen LogP contribution < -0.4 is 0 Å². The minimum absolute atomic E-state index is 0.00807. The van der Waals surface area contributed by atoms with E-state index in [1.165, 1.54) is 16.7 Å². The minimum Gasteiger partial charge on any atom is -0.241 e. The summed E-state index contributed by atoms with van der Waals surface area (Å²) in [6.07, 6.45) is 1.80. The van der Waals surface area contributed by atoms with Gasteiger partial charge in [-0.1, -0.05) is 68.6 Å². The molecule has 2 heterocycles. The first-order valence-corrected chi connectivity index (χ1v) is 11.1. The van der Waals surface area contributed by atoms with Crippen molar-refractivity contribution in [2.75, 3.05) is 0 Å². The van der Waals surface area contributed by atoms with Gasteiger partial charge in [-0.2, -0.15) is 0 Å². The smallest absolute Gasteiger partial charge is 0.192 e. The zero-order valence-corrected chi connectivity index (χ0v) is 19.0. The molecule has 146 valence electrons. The summed E-state index contributed by atoms with van der Waals surface area (Å²) in [5.74, 6) is 0.295. The van der Waals surface area contributed by atoms with Crippen LogP contribution in [0, 0.1) is 32.1 Å². The maximum atomic E-state index is 5.03. The van der Waals surface area contributed by atoms with Gasteiger partial charge in [0.2, 0.25) is 0 Å². The molecule has 1 fully saturated rings. The van der Waals surface area contributed by atoms with E-state index in [1.54, 1.807) is 29.7 Å². The van der Waals surface area contributed by atoms with Gasteiger partial charge in [0.25, 0.3) is 0 Å². The molecule has 1 aliphatic rings. The molecule has 5 heteroatoms. The van der Waals surface area contributed by atoms with Crippen molar-refractivity contribution in [1.82, 2.24) is 9.97 Å². The third-order valence-corrected chi connectivity index (χ3v) is 7.44. The molecule has 1 atom stereocenters. The van der Waals surface area contributed by atoms with Crippen LogP contribution in [0.15, 0.2) is 63.1 Å². The number of hydrogen-bond donors (Lipinski definition) is 0. The SMILES string of the molecule is C=C1SC(=N\c2ccc(C)cc2C)/C(=C/Sc2nccc(C)n2)C(C)C1(C)C. The highest BCUT2D eigenvalue weighted by atomic mass is 32.2. The van der Waals surface area contributed by atoms with Crippen molar-refractivity contribution >= 4 is 34.3 Å². The van der Waals surface area contributed by atoms with Gasteiger partial charge in [0.15, 0.2) is 5.16 Å². The molecule has 1 aromatic heterocycles. The van der Waals surface area contributed by atoms with Crippen LogP contribution in [-0.2, 0) is 0 Å². The van der Waals surface area contributed by atoms with Crippen LogP contribution in [0.3, 0.4) is 0 Å². The summed E-state index contributed by atoms with van der Waals surface area (Å²) in [6, 6.07) is 8.30. The lowest BCUT2D eigenvalue weighted by Gasteiger charge is -2.40. The third-order valence-electron chi connectivity index (χ3n) is 5.37. The summed E-state index contributed by atoms with van der Waals surface area (Å²) in [7, 11) is 0. The first-order valence-electron chi connectivity index (χ1n) is 9.38. The van der Waals surface area contributed by atoms with E-state index >= 15 is 0 Å². The predicted molar refractivity (Wildman–Crippen MR) is 123 cm³/mol. The van der Waals surface area contributed by atoms with Crippen molar-refractivity contribution in [1.29, 1.82) is 0 Å². The number of aliphatic imine (C=N–C) groups is 1. The Balaban J connectivity index is 2.03. The van der Waals surface area contributed by atoms with Crippen LogP contribution in [0.4, 0.5) is 5.69 Å². The molecule has 1 saturated heterocycles. The van der Waals surface area contributed by atoms with E-state index in [-0.39, 0.29) is 5.41 Å². The average Bonchev–Trinajstić information content (AvgIpc) is 2.62. The first kappa shape index (κ1) is 20.9. The van der Waals surface area contributed by atoms with Crippen LogP contribution in [0.25, 0.3) is 0 Å². The summed E-state index contributed by atoms with van der Waals surface area (Å²) in [5.41, 5.74) is 5.63. The summed E-state index contributed by atoms with van der Waals surface area (Å²) in [4.78, 5) is 15.1. The fraction of sp³-hybridized carbons (Fsp3) is 0.348. The zero-order chi connectivity index (χ0) is 20.5. The molecule has 0 spiro atoms. The second-order valence-corrected chi connectivity index (χ2v) is 9.77. The van der Waals surface area contributed by atoms with Gasteiger partial charge in [-0.05, 0) is 60.3 Å². The van der Waals surface area contributed by atoms with E-state index in [0.29, 0.717) is 5.92 Å². The lowest BCUT2D eigenvalue weighted by atomic mass is 9.76. The molecule has 0 radical (unpaired) electrons. The molecular formula is C23H27N3S2. The molecule has 3 rings (SSSR count). The monoisotopic (exact) mass is 409 g/mol. The van der Waals surface area contributed by atoms with Gasteiger partial charge in [0, 0.05) is 17.3 Å². The largest absolute Gasteiger partial charge is 0.241 e. The maximum absolute atomic E-state index is 5.03. The number of aryl methyl sites for hydroxylation is 3. The van der Waals surface area contributed by atoms with Gasteiger partial charge in [-0.15, -0.1) is 0 Å². The fourth-order valence-electron chi connectivity index (χ4n) is 3.00. The van der Waals surface area contributed by atoms with Crippen molar-refractivity contribution < 1.29 is 0 Å². The van der Waals surface area contributed by atoms with Crippen LogP contribution in [0.5, 0.6) is 0 Å². The molecule has 0 N–H and O–H groups in total. The summed E-state index contributed by atoms with van der Waals surface area (Å²) < 4.78 is 0. The number of aromatic nitrogens is 2. The second kappa shape index (κ2) is 8.26. The van der Waals surface area contributed by atoms with E-state index in [4.69, 9.17) is 4.99 Å². The predicted octanol–water partition coefficient (Wildman–Crippen LogP) is 7.03. The summed E-state index contributed by atoms with van der Waals surface area (Å²) in [5, 5.41) is 3.95. The average molecular weight is 410 g/mol. The van der Waals surface area contributed by atoms with E-state index in [2.05, 4.69) is 74.8 Å². The van der Waals surface area contributed by atoms with Crippen LogP contribution in [-0.4, -0.2) is 15.0 Å². The number of hydrogen-bond acceptors (Lipinski definition) is 5. The molecule has 3 nitrogen and oxygen atoms in total. The van der Waals surface area contributed by atoms with E-state index < -0.39 is 0 Å². The van der Waals surface area contributed by atoms with Crippen molar-refractivity contribution in [3.63, 3.8) is 0 Å². The molecule has 2 aromatic rings. The molecule has 0 bridgehead atoms. The molecule has 0 amide bonds. The maximum Gasteiger partial charge on any atom is 0.192 e. The lowest BCUT2D eigenvalue weighted by molar-refractivity contribution is 0.352. The Morgan fingerprint density at radius 1 is 1.21 bits per heavy atom. The minimum atomic E-state index is -0.00807. The number of allylic oxidation sites excluding steroid dienone is 1. The summed E-state index contributed by atoms with van der Waals surface area (Å²) in [6.45, 7) is 17.3. The quantitative estimate of drug-likeness (QED) is 0.403. The summed E-state index contributed by atoms with van der Waals surface area (Å²) >= 11 is 3.24. The van der Waals surface area contributed by atoms with Gasteiger partial charge >= 0.3 is 0 Å². The molecular weight excluding hydrogens is 382 g/mol. The van der Waals surface area contributed by atoms with Crippen molar-refractivity contribution in [2.45, 2.75) is 46.7 Å². The van der Waals surface area contributed by atoms with Crippen LogP contribution in [0.2, 0.25) is 0 Å². The molecule has 0 saturated carbocycles. The topological polar surface area (TPSA) is 38.1 Å². The molecule has 1 aliphatic heterocycles. The normalized spacial score (nSPS) is 22.1.